The van der Waals surface area contributed by atoms with Gasteiger partial charge in [-0.3, -0.25) is 18.6 Å². The lowest BCUT2D eigenvalue weighted by molar-refractivity contribution is 0.101. The van der Waals surface area contributed by atoms with Crippen LogP contribution < -0.4 is 20.8 Å². The third kappa shape index (κ3) is 4.18. The summed E-state index contributed by atoms with van der Waals surface area (Å²) in [6.45, 7) is 8.86. The van der Waals surface area contributed by atoms with Crippen molar-refractivity contribution in [3.05, 3.63) is 64.8 Å². The van der Waals surface area contributed by atoms with Crippen molar-refractivity contribution in [3.63, 3.8) is 0 Å². The minimum atomic E-state index is -0.315. The number of hydrogen-bond acceptors (Lipinski definition) is 7. The van der Waals surface area contributed by atoms with E-state index in [4.69, 9.17) is 4.98 Å². The van der Waals surface area contributed by atoms with Crippen LogP contribution in [0.4, 0.5) is 11.5 Å². The predicted octanol–water partition coefficient (Wildman–Crippen LogP) is 2.55. The second-order valence-electron chi connectivity index (χ2n) is 10.7. The molecule has 3 aromatic heterocycles. The highest BCUT2D eigenvalue weighted by Gasteiger charge is 2.34. The third-order valence-electron chi connectivity index (χ3n) is 8.09. The topological polar surface area (TPSA) is 93.2 Å². The molecule has 0 amide bonds. The Balaban J connectivity index is 1.33. The van der Waals surface area contributed by atoms with Crippen LogP contribution in [-0.4, -0.2) is 69.0 Å². The maximum atomic E-state index is 13.9. The highest BCUT2D eigenvalue weighted by atomic mass is 16.2. The van der Waals surface area contributed by atoms with Gasteiger partial charge in [0, 0.05) is 50.7 Å². The lowest BCUT2D eigenvalue weighted by Gasteiger charge is -2.37. The third-order valence-corrected chi connectivity index (χ3v) is 8.09. The highest BCUT2D eigenvalue weighted by molar-refractivity contribution is 5.94. The van der Waals surface area contributed by atoms with Gasteiger partial charge in [-0.1, -0.05) is 0 Å². The fraction of sp³-hybridized carbons (Fsp3) is 0.429. The van der Waals surface area contributed by atoms with E-state index in [1.165, 1.54) is 0 Å². The van der Waals surface area contributed by atoms with Gasteiger partial charge in [0.15, 0.2) is 11.4 Å². The Morgan fingerprint density at radius 1 is 0.947 bits per heavy atom. The van der Waals surface area contributed by atoms with Gasteiger partial charge in [0.05, 0.1) is 22.9 Å². The number of fused-ring (bicyclic) bond motifs is 1. The van der Waals surface area contributed by atoms with Crippen molar-refractivity contribution < 1.29 is 4.79 Å². The number of piperidine rings is 1. The van der Waals surface area contributed by atoms with Gasteiger partial charge in [0.2, 0.25) is 0 Å². The van der Waals surface area contributed by atoms with Crippen LogP contribution in [0.3, 0.4) is 0 Å². The van der Waals surface area contributed by atoms with Crippen LogP contribution in [-0.2, 0) is 12.6 Å². The molecule has 2 fully saturated rings. The lowest BCUT2D eigenvalue weighted by Crippen LogP contribution is -2.47. The van der Waals surface area contributed by atoms with Crippen LogP contribution in [0.1, 0.15) is 37.0 Å². The summed E-state index contributed by atoms with van der Waals surface area (Å²) in [4.78, 5) is 35.3. The lowest BCUT2D eigenvalue weighted by atomic mass is 9.90. The number of rotatable bonds is 5. The summed E-state index contributed by atoms with van der Waals surface area (Å²) in [6, 6.07) is 11.9. The first kappa shape index (κ1) is 24.4. The summed E-state index contributed by atoms with van der Waals surface area (Å²) in [5, 5.41) is 7.73. The monoisotopic (exact) mass is 514 g/mol. The molecule has 0 radical (unpaired) electrons. The molecule has 2 aliphatic rings. The minimum absolute atomic E-state index is 0.0686. The molecule has 1 aromatic carbocycles. The second-order valence-corrected chi connectivity index (χ2v) is 10.7. The number of piperazine rings is 1. The van der Waals surface area contributed by atoms with E-state index in [1.54, 1.807) is 22.4 Å². The van der Waals surface area contributed by atoms with E-state index in [-0.39, 0.29) is 17.0 Å². The Kier molecular flexibility index (Phi) is 6.06. The molecule has 4 aromatic rings. The Labute approximate surface area is 221 Å². The summed E-state index contributed by atoms with van der Waals surface area (Å²) in [5.41, 5.74) is 3.75. The molecule has 1 N–H and O–H groups in total. The van der Waals surface area contributed by atoms with E-state index in [1.807, 2.05) is 54.2 Å². The van der Waals surface area contributed by atoms with Gasteiger partial charge in [0.25, 0.3) is 0 Å². The molecule has 5 heterocycles. The van der Waals surface area contributed by atoms with Crippen molar-refractivity contribution in [2.75, 3.05) is 49.1 Å². The summed E-state index contributed by atoms with van der Waals surface area (Å²) in [7, 11) is 1.86. The summed E-state index contributed by atoms with van der Waals surface area (Å²) >= 11 is 0. The Bertz CT molecular complexity index is 1530. The number of pyridine rings is 1. The number of aryl methyl sites for hydroxylation is 1. The maximum absolute atomic E-state index is 13.9. The van der Waals surface area contributed by atoms with Gasteiger partial charge in [-0.2, -0.15) is 5.10 Å². The van der Waals surface area contributed by atoms with Crippen molar-refractivity contribution in [2.45, 2.75) is 32.2 Å². The summed E-state index contributed by atoms with van der Waals surface area (Å²) in [6.07, 6.45) is 5.33. The Hall–Kier alpha value is -3.92. The van der Waals surface area contributed by atoms with E-state index in [2.05, 4.69) is 27.1 Å². The molecule has 38 heavy (non-hydrogen) atoms. The van der Waals surface area contributed by atoms with Crippen LogP contribution in [0.25, 0.3) is 16.9 Å². The number of hydrogen-bond donors (Lipinski definition) is 1. The van der Waals surface area contributed by atoms with Crippen LogP contribution in [0.15, 0.2) is 53.6 Å². The maximum Gasteiger partial charge on any atom is 0.335 e. The number of benzene rings is 1. The van der Waals surface area contributed by atoms with Crippen molar-refractivity contribution in [2.24, 2.45) is 7.05 Å². The first-order valence-electron chi connectivity index (χ1n) is 13.3. The van der Waals surface area contributed by atoms with Crippen LogP contribution >= 0.6 is 0 Å². The number of carbonyl (C=O) groups excluding carboxylic acids is 1. The molecule has 0 unspecified atom stereocenters. The molecule has 2 saturated heterocycles. The first-order chi connectivity index (χ1) is 18.3. The Morgan fingerprint density at radius 2 is 1.63 bits per heavy atom. The average Bonchev–Trinajstić information content (AvgIpc) is 3.48. The van der Waals surface area contributed by atoms with Gasteiger partial charge in [0.1, 0.15) is 5.82 Å². The molecular formula is C28H34N8O2. The van der Waals surface area contributed by atoms with E-state index in [0.717, 1.165) is 86.0 Å². The number of imidazole rings is 1. The largest absolute Gasteiger partial charge is 0.368 e. The number of anilines is 2. The molecule has 0 saturated carbocycles. The number of ketones is 1. The van der Waals surface area contributed by atoms with E-state index >= 15 is 0 Å². The first-order valence-corrected chi connectivity index (χ1v) is 13.3. The molecule has 6 rings (SSSR count). The molecule has 0 spiro atoms. The van der Waals surface area contributed by atoms with Crippen molar-refractivity contribution in [1.82, 2.24) is 29.2 Å². The summed E-state index contributed by atoms with van der Waals surface area (Å²) in [5.74, 6) is 0.968. The second kappa shape index (κ2) is 9.43. The number of nitrogens with one attached hydrogen (secondary N) is 1. The highest BCUT2D eigenvalue weighted by Crippen LogP contribution is 2.31. The van der Waals surface area contributed by atoms with Gasteiger partial charge in [-0.05, 0) is 76.2 Å². The normalized spacial score (nSPS) is 17.8. The fourth-order valence-electron chi connectivity index (χ4n) is 5.79. The van der Waals surface area contributed by atoms with Crippen molar-refractivity contribution in [1.29, 1.82) is 0 Å². The summed E-state index contributed by atoms with van der Waals surface area (Å²) < 4.78 is 5.38. The van der Waals surface area contributed by atoms with Gasteiger partial charge < -0.3 is 15.1 Å². The van der Waals surface area contributed by atoms with Gasteiger partial charge >= 0.3 is 5.69 Å². The number of nitrogens with zero attached hydrogens (tertiary/aromatic N) is 7. The molecule has 198 valence electrons. The zero-order valence-corrected chi connectivity index (χ0v) is 22.2. The van der Waals surface area contributed by atoms with Crippen LogP contribution in [0.5, 0.6) is 0 Å². The van der Waals surface area contributed by atoms with Crippen molar-refractivity contribution >= 4 is 28.5 Å². The zero-order chi connectivity index (χ0) is 26.4. The van der Waals surface area contributed by atoms with E-state index in [0.29, 0.717) is 0 Å². The standard InChI is InChI=1S/C28H34N8O2/c1-20(37)21-4-6-22(7-5-21)33-14-16-34(17-15-33)25-9-8-24-26(31-25)36(28(2)10-12-29-13-11-28)27(38)35(24)23-18-30-32(3)19-23/h4-9,18-19,29H,10-17H2,1-3H3. The van der Waals surface area contributed by atoms with Gasteiger partial charge in [-0.15, -0.1) is 0 Å². The minimum Gasteiger partial charge on any atom is -0.368 e. The van der Waals surface area contributed by atoms with Crippen LogP contribution in [0.2, 0.25) is 0 Å². The Morgan fingerprint density at radius 3 is 2.26 bits per heavy atom. The average molecular weight is 515 g/mol. The molecule has 0 bridgehead atoms. The van der Waals surface area contributed by atoms with Gasteiger partial charge in [-0.25, -0.2) is 9.78 Å². The molecule has 0 aliphatic carbocycles. The molecule has 10 nitrogen and oxygen atoms in total. The van der Waals surface area contributed by atoms with E-state index < -0.39 is 0 Å². The number of carbonyl (C=O) groups is 1. The fourth-order valence-corrected chi connectivity index (χ4v) is 5.79. The molecular weight excluding hydrogens is 480 g/mol. The number of aromatic nitrogens is 5. The number of Topliss-reactive ketones (excluding diaryl/α,β-unsaturated/α-hetero) is 1. The van der Waals surface area contributed by atoms with Crippen molar-refractivity contribution in [3.8, 4) is 5.69 Å². The quantitative estimate of drug-likeness (QED) is 0.409. The van der Waals surface area contributed by atoms with E-state index in [9.17, 15) is 9.59 Å². The smallest absolute Gasteiger partial charge is 0.335 e. The molecule has 10 heteroatoms. The molecule has 2 aliphatic heterocycles. The molecule has 0 atom stereocenters. The SMILES string of the molecule is CC(=O)c1ccc(N2CCN(c3ccc4c(n3)n(C3(C)CCNCC3)c(=O)n4-c3cnn(C)c3)CC2)cc1. The predicted molar refractivity (Wildman–Crippen MR) is 149 cm³/mol. The van der Waals surface area contributed by atoms with Crippen LogP contribution in [0, 0.1) is 0 Å². The zero-order valence-electron chi connectivity index (χ0n) is 22.2.